The number of imidazole rings is 1. The van der Waals surface area contributed by atoms with E-state index in [4.69, 9.17) is 19.5 Å². The summed E-state index contributed by atoms with van der Waals surface area (Å²) in [6.45, 7) is 4.55. The monoisotopic (exact) mass is 445 g/mol. The normalized spacial score (nSPS) is 12.1. The minimum Gasteiger partial charge on any atom is -0.370 e. The fraction of sp³-hybridized carbons (Fsp3) is 0.300. The number of carbonyl (C=O) groups is 1. The molecule has 10 nitrogen and oxygen atoms in total. The first-order valence-corrected chi connectivity index (χ1v) is 10.9. The smallest absolute Gasteiger partial charge is 0.280 e. The zero-order valence-electron chi connectivity index (χ0n) is 16.9. The second kappa shape index (κ2) is 11.5. The SMILES string of the molecule is C=CCC(=O)COP(COCCn1cnc2c(=O)[nH]c(N)nc21)OCc1ccccc1. The average Bonchev–Trinajstić information content (AvgIpc) is 3.16. The molecule has 0 amide bonds. The number of rotatable bonds is 13. The van der Waals surface area contributed by atoms with E-state index in [0.29, 0.717) is 25.4 Å². The molecule has 2 heterocycles. The van der Waals surface area contributed by atoms with Crippen LogP contribution in [0.2, 0.25) is 0 Å². The number of aromatic amines is 1. The van der Waals surface area contributed by atoms with Gasteiger partial charge in [-0.1, -0.05) is 36.4 Å². The molecule has 0 aliphatic rings. The van der Waals surface area contributed by atoms with E-state index in [1.54, 1.807) is 4.57 Å². The van der Waals surface area contributed by atoms with Gasteiger partial charge >= 0.3 is 0 Å². The number of aromatic nitrogens is 4. The first kappa shape index (κ1) is 22.8. The maximum absolute atomic E-state index is 11.8. The van der Waals surface area contributed by atoms with Gasteiger partial charge in [0, 0.05) is 13.0 Å². The highest BCUT2D eigenvalue weighted by molar-refractivity contribution is 7.47. The van der Waals surface area contributed by atoms with E-state index < -0.39 is 13.9 Å². The Morgan fingerprint density at radius 3 is 2.87 bits per heavy atom. The summed E-state index contributed by atoms with van der Waals surface area (Å²) in [6.07, 6.45) is 3.48. The Labute approximate surface area is 180 Å². The summed E-state index contributed by atoms with van der Waals surface area (Å²) in [7, 11) is -1.43. The number of anilines is 1. The molecule has 0 aliphatic heterocycles. The second-order valence-electron chi connectivity index (χ2n) is 6.50. The maximum atomic E-state index is 11.8. The van der Waals surface area contributed by atoms with Gasteiger partial charge in [-0.2, -0.15) is 4.98 Å². The van der Waals surface area contributed by atoms with Crippen molar-refractivity contribution in [3.05, 3.63) is 65.2 Å². The molecule has 11 heteroatoms. The first-order valence-electron chi connectivity index (χ1n) is 9.55. The highest BCUT2D eigenvalue weighted by atomic mass is 31.2. The van der Waals surface area contributed by atoms with Gasteiger partial charge in [0.25, 0.3) is 5.56 Å². The number of ketones is 1. The zero-order chi connectivity index (χ0) is 22.1. The summed E-state index contributed by atoms with van der Waals surface area (Å²) in [6, 6.07) is 9.67. The van der Waals surface area contributed by atoms with Gasteiger partial charge in [0.1, 0.15) is 13.0 Å². The lowest BCUT2D eigenvalue weighted by Gasteiger charge is -2.17. The molecule has 0 fully saturated rings. The Hall–Kier alpha value is -2.91. The number of benzene rings is 1. The molecule has 1 unspecified atom stereocenters. The Bertz CT molecular complexity index is 1070. The topological polar surface area (TPSA) is 134 Å². The maximum Gasteiger partial charge on any atom is 0.280 e. The number of hydrogen-bond donors (Lipinski definition) is 2. The fourth-order valence-corrected chi connectivity index (χ4v) is 3.72. The molecule has 164 valence electrons. The first-order chi connectivity index (χ1) is 15.1. The molecule has 3 aromatic rings. The minimum absolute atomic E-state index is 0.0237. The zero-order valence-corrected chi connectivity index (χ0v) is 17.8. The average molecular weight is 445 g/mol. The van der Waals surface area contributed by atoms with Crippen LogP contribution in [0.5, 0.6) is 0 Å². The Morgan fingerprint density at radius 2 is 2.10 bits per heavy atom. The number of nitrogens with zero attached hydrogens (tertiary/aromatic N) is 3. The van der Waals surface area contributed by atoms with Crippen molar-refractivity contribution in [3.8, 4) is 0 Å². The highest BCUT2D eigenvalue weighted by Gasteiger charge is 2.15. The predicted octanol–water partition coefficient (Wildman–Crippen LogP) is 2.37. The molecular formula is C20H24N5O5P. The van der Waals surface area contributed by atoms with Crippen LogP contribution in [0.15, 0.2) is 54.1 Å². The third-order valence-electron chi connectivity index (χ3n) is 4.13. The van der Waals surface area contributed by atoms with Crippen molar-refractivity contribution >= 4 is 31.3 Å². The molecule has 0 saturated heterocycles. The molecule has 3 N–H and O–H groups in total. The lowest BCUT2D eigenvalue weighted by Crippen LogP contribution is -2.13. The summed E-state index contributed by atoms with van der Waals surface area (Å²) in [5.41, 5.74) is 6.81. The standard InChI is InChI=1S/C20H24N5O5P/c1-2-6-16(26)12-30-31(29-11-15-7-4-3-5-8-15)14-28-10-9-25-13-22-17-18(25)23-20(21)24-19(17)27/h2-5,7-8,13H,1,6,9-12,14H2,(H3,21,23,24,27). The van der Waals surface area contributed by atoms with Crippen molar-refractivity contribution in [2.24, 2.45) is 0 Å². The number of hydrogen-bond acceptors (Lipinski definition) is 8. The number of nitrogen functional groups attached to an aromatic ring is 1. The Kier molecular flexibility index (Phi) is 8.43. The summed E-state index contributed by atoms with van der Waals surface area (Å²) >= 11 is 0. The van der Waals surface area contributed by atoms with E-state index in [-0.39, 0.29) is 36.6 Å². The van der Waals surface area contributed by atoms with Gasteiger partial charge in [-0.25, -0.2) is 4.98 Å². The molecule has 0 saturated carbocycles. The van der Waals surface area contributed by atoms with E-state index >= 15 is 0 Å². The lowest BCUT2D eigenvalue weighted by atomic mass is 10.2. The summed E-state index contributed by atoms with van der Waals surface area (Å²) in [5, 5.41) is 0. The van der Waals surface area contributed by atoms with Gasteiger partial charge in [0.05, 0.1) is 19.5 Å². The molecule has 0 aliphatic carbocycles. The van der Waals surface area contributed by atoms with Gasteiger partial charge in [0.2, 0.25) is 5.95 Å². The molecule has 1 aromatic carbocycles. The molecule has 0 spiro atoms. The van der Waals surface area contributed by atoms with Crippen LogP contribution in [0.3, 0.4) is 0 Å². The van der Waals surface area contributed by atoms with E-state index in [1.807, 2.05) is 30.3 Å². The number of H-pyrrole nitrogens is 1. The summed E-state index contributed by atoms with van der Waals surface area (Å²) in [4.78, 5) is 34.2. The van der Waals surface area contributed by atoms with E-state index in [2.05, 4.69) is 21.5 Å². The number of nitrogens with two attached hydrogens (primary N) is 1. The third-order valence-corrected chi connectivity index (χ3v) is 5.35. The molecule has 1 atom stereocenters. The quantitative estimate of drug-likeness (QED) is 0.233. The van der Waals surface area contributed by atoms with E-state index in [1.165, 1.54) is 12.4 Å². The van der Waals surface area contributed by atoms with Crippen molar-refractivity contribution < 1.29 is 18.6 Å². The predicted molar refractivity (Wildman–Crippen MR) is 117 cm³/mol. The molecule has 2 aromatic heterocycles. The minimum atomic E-state index is -1.43. The van der Waals surface area contributed by atoms with Gasteiger partial charge < -0.3 is 24.1 Å². The summed E-state index contributed by atoms with van der Waals surface area (Å²) < 4.78 is 18.9. The van der Waals surface area contributed by atoms with Crippen molar-refractivity contribution in [1.82, 2.24) is 19.5 Å². The third kappa shape index (κ3) is 6.80. The summed E-state index contributed by atoms with van der Waals surface area (Å²) in [5.74, 6) is -0.0554. The lowest BCUT2D eigenvalue weighted by molar-refractivity contribution is -0.120. The molecule has 31 heavy (non-hydrogen) atoms. The molecule has 3 rings (SSSR count). The van der Waals surface area contributed by atoms with Crippen LogP contribution in [0.25, 0.3) is 11.2 Å². The van der Waals surface area contributed by atoms with Crippen molar-refractivity contribution in [1.29, 1.82) is 0 Å². The molecule has 0 bridgehead atoms. The van der Waals surface area contributed by atoms with E-state index in [0.717, 1.165) is 5.56 Å². The fourth-order valence-electron chi connectivity index (χ4n) is 2.63. The van der Waals surface area contributed by atoms with Crippen molar-refractivity contribution in [2.45, 2.75) is 19.6 Å². The number of fused-ring (bicyclic) bond motifs is 1. The number of ether oxygens (including phenoxy) is 1. The van der Waals surface area contributed by atoms with Crippen LogP contribution in [0.4, 0.5) is 5.95 Å². The number of allylic oxidation sites excluding steroid dienone is 1. The molecular weight excluding hydrogens is 421 g/mol. The number of Topliss-reactive ketones (excluding diaryl/α,β-unsaturated/α-hetero) is 1. The van der Waals surface area contributed by atoms with Crippen molar-refractivity contribution in [2.75, 3.05) is 25.3 Å². The molecule has 0 radical (unpaired) electrons. The van der Waals surface area contributed by atoms with Crippen LogP contribution < -0.4 is 11.3 Å². The van der Waals surface area contributed by atoms with Crippen LogP contribution in [-0.2, 0) is 31.7 Å². The Balaban J connectivity index is 1.53. The number of nitrogens with one attached hydrogen (secondary N) is 1. The van der Waals surface area contributed by atoms with Crippen LogP contribution in [-0.4, -0.2) is 44.9 Å². The highest BCUT2D eigenvalue weighted by Crippen LogP contribution is 2.39. The van der Waals surface area contributed by atoms with Crippen molar-refractivity contribution in [3.63, 3.8) is 0 Å². The Morgan fingerprint density at radius 1 is 1.29 bits per heavy atom. The van der Waals surface area contributed by atoms with Crippen LogP contribution >= 0.6 is 8.38 Å². The van der Waals surface area contributed by atoms with Crippen LogP contribution in [0, 0.1) is 0 Å². The number of carbonyl (C=O) groups excluding carboxylic acids is 1. The second-order valence-corrected chi connectivity index (χ2v) is 7.94. The van der Waals surface area contributed by atoms with Gasteiger partial charge in [-0.3, -0.25) is 14.6 Å². The van der Waals surface area contributed by atoms with Gasteiger partial charge in [-0.15, -0.1) is 6.58 Å². The van der Waals surface area contributed by atoms with E-state index in [9.17, 15) is 9.59 Å². The van der Waals surface area contributed by atoms with Crippen LogP contribution in [0.1, 0.15) is 12.0 Å². The van der Waals surface area contributed by atoms with Gasteiger partial charge in [-0.05, 0) is 5.56 Å². The largest absolute Gasteiger partial charge is 0.370 e. The van der Waals surface area contributed by atoms with Gasteiger partial charge in [0.15, 0.2) is 25.3 Å².